The molecular weight excluding hydrogens is 326 g/mol. The van der Waals surface area contributed by atoms with Crippen LogP contribution in [-0.2, 0) is 11.2 Å². The largest absolute Gasteiger partial charge is 0.399 e. The van der Waals surface area contributed by atoms with Gasteiger partial charge >= 0.3 is 0 Å². The van der Waals surface area contributed by atoms with E-state index in [1.165, 1.54) is 0 Å². The predicted octanol–water partition coefficient (Wildman–Crippen LogP) is 2.38. The molecule has 0 saturated carbocycles. The number of aryl methyl sites for hydroxylation is 1. The number of amides is 1. The van der Waals surface area contributed by atoms with Gasteiger partial charge in [0, 0.05) is 49.5 Å². The molecule has 1 aliphatic rings. The second-order valence-electron chi connectivity index (χ2n) is 7.17. The summed E-state index contributed by atoms with van der Waals surface area (Å²) < 4.78 is 0. The standard InChI is InChI=1S/C20H27N5O/c1-14(2)20-22-15(3)12-18(23-20)24-8-10-25(11-9-24)19(26)13-16-4-6-17(21)7-5-16/h4-7,12,14H,8-11,13,21H2,1-3H3. The Bertz CT molecular complexity index is 764. The quantitative estimate of drug-likeness (QED) is 0.854. The normalized spacial score (nSPS) is 14.8. The highest BCUT2D eigenvalue weighted by atomic mass is 16.2. The van der Waals surface area contributed by atoms with E-state index < -0.39 is 0 Å². The first-order chi connectivity index (χ1) is 12.4. The highest BCUT2D eigenvalue weighted by molar-refractivity contribution is 5.79. The molecule has 0 spiro atoms. The van der Waals surface area contributed by atoms with Crippen molar-refractivity contribution in [2.24, 2.45) is 0 Å². The summed E-state index contributed by atoms with van der Waals surface area (Å²) in [6, 6.07) is 9.54. The Morgan fingerprint density at radius 2 is 1.77 bits per heavy atom. The molecule has 1 amide bonds. The molecule has 2 aromatic rings. The van der Waals surface area contributed by atoms with Gasteiger partial charge in [0.15, 0.2) is 0 Å². The van der Waals surface area contributed by atoms with Gasteiger partial charge in [0.25, 0.3) is 0 Å². The molecule has 1 aromatic carbocycles. The number of hydrogen-bond donors (Lipinski definition) is 1. The number of piperazine rings is 1. The molecule has 0 radical (unpaired) electrons. The fraction of sp³-hybridized carbons (Fsp3) is 0.450. The third-order valence-corrected chi connectivity index (χ3v) is 4.67. The lowest BCUT2D eigenvalue weighted by molar-refractivity contribution is -0.130. The van der Waals surface area contributed by atoms with E-state index in [0.29, 0.717) is 25.4 Å². The van der Waals surface area contributed by atoms with Gasteiger partial charge in [0.2, 0.25) is 5.91 Å². The third kappa shape index (κ3) is 4.31. The minimum Gasteiger partial charge on any atom is -0.399 e. The molecule has 1 saturated heterocycles. The van der Waals surface area contributed by atoms with Crippen LogP contribution in [0.2, 0.25) is 0 Å². The zero-order valence-electron chi connectivity index (χ0n) is 15.8. The minimum atomic E-state index is 0.163. The average molecular weight is 353 g/mol. The topological polar surface area (TPSA) is 75.3 Å². The van der Waals surface area contributed by atoms with Crippen molar-refractivity contribution in [3.05, 3.63) is 47.4 Å². The maximum atomic E-state index is 12.5. The molecule has 6 nitrogen and oxygen atoms in total. The van der Waals surface area contributed by atoms with Crippen molar-refractivity contribution in [1.82, 2.24) is 14.9 Å². The van der Waals surface area contributed by atoms with Gasteiger partial charge in [-0.25, -0.2) is 9.97 Å². The average Bonchev–Trinajstić information content (AvgIpc) is 2.63. The summed E-state index contributed by atoms with van der Waals surface area (Å²) in [6.45, 7) is 9.23. The Hall–Kier alpha value is -2.63. The number of nitrogens with two attached hydrogens (primary N) is 1. The summed E-state index contributed by atoms with van der Waals surface area (Å²) in [5.74, 6) is 2.31. The van der Waals surface area contributed by atoms with E-state index in [-0.39, 0.29) is 5.91 Å². The van der Waals surface area contributed by atoms with Crippen LogP contribution in [0.5, 0.6) is 0 Å². The Balaban J connectivity index is 1.60. The molecule has 0 atom stereocenters. The summed E-state index contributed by atoms with van der Waals surface area (Å²) in [7, 11) is 0. The van der Waals surface area contributed by atoms with Crippen molar-refractivity contribution < 1.29 is 4.79 Å². The summed E-state index contributed by atoms with van der Waals surface area (Å²) in [5.41, 5.74) is 8.40. The van der Waals surface area contributed by atoms with E-state index in [1.54, 1.807) is 0 Å². The van der Waals surface area contributed by atoms with Gasteiger partial charge in [0.1, 0.15) is 11.6 Å². The highest BCUT2D eigenvalue weighted by Crippen LogP contribution is 2.19. The van der Waals surface area contributed by atoms with Crippen LogP contribution in [-0.4, -0.2) is 47.0 Å². The van der Waals surface area contributed by atoms with E-state index in [1.807, 2.05) is 42.2 Å². The van der Waals surface area contributed by atoms with Crippen molar-refractivity contribution in [2.45, 2.75) is 33.1 Å². The lowest BCUT2D eigenvalue weighted by atomic mass is 10.1. The molecule has 0 bridgehead atoms. The lowest BCUT2D eigenvalue weighted by Crippen LogP contribution is -2.49. The highest BCUT2D eigenvalue weighted by Gasteiger charge is 2.22. The first-order valence-corrected chi connectivity index (χ1v) is 9.15. The number of nitrogens with zero attached hydrogens (tertiary/aromatic N) is 4. The van der Waals surface area contributed by atoms with Crippen LogP contribution in [0.25, 0.3) is 0 Å². The molecule has 2 N–H and O–H groups in total. The van der Waals surface area contributed by atoms with Gasteiger partial charge in [-0.15, -0.1) is 0 Å². The van der Waals surface area contributed by atoms with E-state index in [9.17, 15) is 4.79 Å². The summed E-state index contributed by atoms with van der Waals surface area (Å²) in [6.07, 6.45) is 0.421. The molecule has 0 unspecified atom stereocenters. The molecule has 2 heterocycles. The van der Waals surface area contributed by atoms with Crippen LogP contribution in [0.3, 0.4) is 0 Å². The Morgan fingerprint density at radius 1 is 1.12 bits per heavy atom. The Labute approximate surface area is 155 Å². The number of nitrogen functional groups attached to an aromatic ring is 1. The minimum absolute atomic E-state index is 0.163. The number of benzene rings is 1. The van der Waals surface area contributed by atoms with Crippen LogP contribution in [0.15, 0.2) is 30.3 Å². The maximum Gasteiger partial charge on any atom is 0.227 e. The summed E-state index contributed by atoms with van der Waals surface area (Å²) >= 11 is 0. The monoisotopic (exact) mass is 353 g/mol. The number of carbonyl (C=O) groups is 1. The van der Waals surface area contributed by atoms with Gasteiger partial charge in [-0.3, -0.25) is 4.79 Å². The van der Waals surface area contributed by atoms with Gasteiger partial charge in [-0.1, -0.05) is 26.0 Å². The molecule has 1 fully saturated rings. The molecule has 26 heavy (non-hydrogen) atoms. The van der Waals surface area contributed by atoms with Gasteiger partial charge in [-0.05, 0) is 24.6 Å². The number of carbonyl (C=O) groups excluding carboxylic acids is 1. The van der Waals surface area contributed by atoms with E-state index >= 15 is 0 Å². The van der Waals surface area contributed by atoms with Crippen molar-refractivity contribution in [3.8, 4) is 0 Å². The number of rotatable bonds is 4. The smallest absolute Gasteiger partial charge is 0.227 e. The molecule has 3 rings (SSSR count). The molecule has 1 aromatic heterocycles. The van der Waals surface area contributed by atoms with E-state index in [0.717, 1.165) is 41.7 Å². The second kappa shape index (κ2) is 7.72. The third-order valence-electron chi connectivity index (χ3n) is 4.67. The van der Waals surface area contributed by atoms with E-state index in [2.05, 4.69) is 23.7 Å². The summed E-state index contributed by atoms with van der Waals surface area (Å²) in [4.78, 5) is 25.9. The first kappa shape index (κ1) is 18.2. The Morgan fingerprint density at radius 3 is 2.38 bits per heavy atom. The second-order valence-corrected chi connectivity index (χ2v) is 7.17. The van der Waals surface area contributed by atoms with Crippen LogP contribution < -0.4 is 10.6 Å². The first-order valence-electron chi connectivity index (χ1n) is 9.15. The lowest BCUT2D eigenvalue weighted by Gasteiger charge is -2.35. The zero-order chi connectivity index (χ0) is 18.7. The van der Waals surface area contributed by atoms with Crippen LogP contribution in [0, 0.1) is 6.92 Å². The molecule has 6 heteroatoms. The molecular formula is C20H27N5O. The fourth-order valence-electron chi connectivity index (χ4n) is 3.10. The number of anilines is 2. The van der Waals surface area contributed by atoms with Gasteiger partial charge < -0.3 is 15.5 Å². The number of hydrogen-bond acceptors (Lipinski definition) is 5. The Kier molecular flexibility index (Phi) is 5.40. The van der Waals surface area contributed by atoms with Crippen molar-refractivity contribution in [1.29, 1.82) is 0 Å². The maximum absolute atomic E-state index is 12.5. The SMILES string of the molecule is Cc1cc(N2CCN(C(=O)Cc3ccc(N)cc3)CC2)nc(C(C)C)n1. The molecule has 0 aliphatic carbocycles. The molecule has 1 aliphatic heterocycles. The van der Waals surface area contributed by atoms with Crippen LogP contribution in [0.1, 0.15) is 36.8 Å². The van der Waals surface area contributed by atoms with Gasteiger partial charge in [0.05, 0.1) is 6.42 Å². The number of aromatic nitrogens is 2. The van der Waals surface area contributed by atoms with Crippen molar-refractivity contribution >= 4 is 17.4 Å². The van der Waals surface area contributed by atoms with Crippen molar-refractivity contribution in [3.63, 3.8) is 0 Å². The molecule has 138 valence electrons. The fourth-order valence-corrected chi connectivity index (χ4v) is 3.10. The zero-order valence-corrected chi connectivity index (χ0v) is 15.8. The van der Waals surface area contributed by atoms with Crippen LogP contribution >= 0.6 is 0 Å². The summed E-state index contributed by atoms with van der Waals surface area (Å²) in [5, 5.41) is 0. The predicted molar refractivity (Wildman–Crippen MR) is 104 cm³/mol. The van der Waals surface area contributed by atoms with Gasteiger partial charge in [-0.2, -0.15) is 0 Å². The van der Waals surface area contributed by atoms with E-state index in [4.69, 9.17) is 10.7 Å². The van der Waals surface area contributed by atoms with Crippen LogP contribution in [0.4, 0.5) is 11.5 Å². The van der Waals surface area contributed by atoms with Crippen molar-refractivity contribution in [2.75, 3.05) is 36.8 Å².